The van der Waals surface area contributed by atoms with E-state index in [0.717, 1.165) is 58.8 Å². The Bertz CT molecular complexity index is 1520. The van der Waals surface area contributed by atoms with Gasteiger partial charge in [-0.25, -0.2) is 9.78 Å². The number of thiazole rings is 1. The summed E-state index contributed by atoms with van der Waals surface area (Å²) in [7, 11) is 0. The number of benzene rings is 3. The Hall–Kier alpha value is -3.30. The minimum atomic E-state index is -4.38. The highest BCUT2D eigenvalue weighted by Gasteiger charge is 2.30. The normalized spacial score (nSPS) is 12.3. The summed E-state index contributed by atoms with van der Waals surface area (Å²) in [5.74, 6) is -0.479. The van der Waals surface area contributed by atoms with Crippen LogP contribution in [0.25, 0.3) is 10.6 Å². The Labute approximate surface area is 278 Å². The summed E-state index contributed by atoms with van der Waals surface area (Å²) in [6.07, 6.45) is 7.39. The first-order valence-corrected chi connectivity index (χ1v) is 17.6. The molecule has 0 saturated carbocycles. The van der Waals surface area contributed by atoms with E-state index in [1.165, 1.54) is 56.2 Å². The van der Waals surface area contributed by atoms with E-state index in [9.17, 15) is 18.0 Å². The van der Waals surface area contributed by atoms with Gasteiger partial charge in [-0.1, -0.05) is 87.4 Å². The van der Waals surface area contributed by atoms with Crippen LogP contribution in [0.1, 0.15) is 90.3 Å². The van der Waals surface area contributed by atoms with Crippen LogP contribution >= 0.6 is 23.1 Å². The number of hydrogen-bond donors (Lipinski definition) is 1. The van der Waals surface area contributed by atoms with Crippen LogP contribution in [0.4, 0.5) is 13.2 Å². The third kappa shape index (κ3) is 11.2. The first kappa shape index (κ1) is 35.6. The van der Waals surface area contributed by atoms with Gasteiger partial charge in [0.15, 0.2) is 6.61 Å². The van der Waals surface area contributed by atoms with Crippen molar-refractivity contribution in [2.75, 3.05) is 6.61 Å². The van der Waals surface area contributed by atoms with Crippen molar-refractivity contribution in [2.45, 2.75) is 94.4 Å². The standard InChI is InChI=1S/C37H42F3NO3S2/c1-26-24-31(22-23-32(26)44-25-34(42)43)45-33(17-13-8-6-4-3-5-7-10-14-28-15-11-9-12-16-28)35-27(2)41-36(46-35)29-18-20-30(21-19-29)37(38,39)40/h9,11-12,15-16,18-24,33H,3-8,10,13-14,17,25H2,1-2H3,(H,42,43). The number of unbranched alkanes of at least 4 members (excludes halogenated alkanes) is 7. The molecule has 9 heteroatoms. The molecule has 1 N–H and O–H groups in total. The molecule has 1 atom stereocenters. The van der Waals surface area contributed by atoms with Crippen LogP contribution < -0.4 is 4.74 Å². The predicted octanol–water partition coefficient (Wildman–Crippen LogP) is 11.5. The number of aromatic nitrogens is 1. The maximum Gasteiger partial charge on any atom is 0.416 e. The molecular formula is C37H42F3NO3S2. The maximum atomic E-state index is 13.1. The number of halogens is 3. The molecule has 1 heterocycles. The molecule has 3 aromatic carbocycles. The number of hydrogen-bond acceptors (Lipinski definition) is 5. The Morgan fingerprint density at radius 2 is 1.54 bits per heavy atom. The number of carboxylic acids is 1. The molecule has 246 valence electrons. The second-order valence-electron chi connectivity index (χ2n) is 11.6. The lowest BCUT2D eigenvalue weighted by Gasteiger charge is -2.17. The third-order valence-electron chi connectivity index (χ3n) is 7.88. The van der Waals surface area contributed by atoms with Crippen molar-refractivity contribution in [3.8, 4) is 16.3 Å². The number of nitrogens with zero attached hydrogens (tertiary/aromatic N) is 1. The van der Waals surface area contributed by atoms with Crippen LogP contribution in [0.3, 0.4) is 0 Å². The van der Waals surface area contributed by atoms with Crippen LogP contribution in [0.15, 0.2) is 77.7 Å². The van der Waals surface area contributed by atoms with Crippen molar-refractivity contribution in [2.24, 2.45) is 0 Å². The van der Waals surface area contributed by atoms with Crippen molar-refractivity contribution in [1.29, 1.82) is 0 Å². The zero-order chi connectivity index (χ0) is 32.9. The highest BCUT2D eigenvalue weighted by atomic mass is 32.2. The van der Waals surface area contributed by atoms with Crippen LogP contribution in [0, 0.1) is 13.8 Å². The molecule has 0 saturated heterocycles. The van der Waals surface area contributed by atoms with Gasteiger partial charge in [0.1, 0.15) is 10.8 Å². The van der Waals surface area contributed by atoms with Crippen LogP contribution in [-0.2, 0) is 17.4 Å². The minimum absolute atomic E-state index is 0.129. The van der Waals surface area contributed by atoms with Crippen molar-refractivity contribution in [3.63, 3.8) is 0 Å². The lowest BCUT2D eigenvalue weighted by Crippen LogP contribution is -2.10. The average molecular weight is 670 g/mol. The molecule has 0 fully saturated rings. The molecule has 0 aliphatic rings. The largest absolute Gasteiger partial charge is 0.482 e. The first-order chi connectivity index (χ1) is 22.1. The van der Waals surface area contributed by atoms with Gasteiger partial charge in [0.2, 0.25) is 0 Å². The van der Waals surface area contributed by atoms with E-state index >= 15 is 0 Å². The van der Waals surface area contributed by atoms with Crippen molar-refractivity contribution < 1.29 is 27.8 Å². The number of aliphatic carboxylic acids is 1. The van der Waals surface area contributed by atoms with Gasteiger partial charge in [0.25, 0.3) is 0 Å². The Kier molecular flexibility index (Phi) is 13.6. The van der Waals surface area contributed by atoms with E-state index in [4.69, 9.17) is 14.8 Å². The molecule has 0 bridgehead atoms. The predicted molar refractivity (Wildman–Crippen MR) is 182 cm³/mol. The van der Waals surface area contributed by atoms with Crippen molar-refractivity contribution >= 4 is 29.1 Å². The zero-order valence-electron chi connectivity index (χ0n) is 26.4. The van der Waals surface area contributed by atoms with Crippen LogP contribution in [-0.4, -0.2) is 22.7 Å². The molecule has 0 amide bonds. The van der Waals surface area contributed by atoms with E-state index in [1.54, 1.807) is 23.1 Å². The van der Waals surface area contributed by atoms with Gasteiger partial charge in [-0.15, -0.1) is 23.1 Å². The lowest BCUT2D eigenvalue weighted by atomic mass is 10.0. The molecule has 1 aromatic heterocycles. The van der Waals surface area contributed by atoms with Gasteiger partial charge < -0.3 is 9.84 Å². The summed E-state index contributed by atoms with van der Waals surface area (Å²) in [5, 5.41) is 9.81. The van der Waals surface area contributed by atoms with Gasteiger partial charge in [0, 0.05) is 20.6 Å². The summed E-state index contributed by atoms with van der Waals surface area (Å²) in [5.41, 5.74) is 3.17. The summed E-state index contributed by atoms with van der Waals surface area (Å²) < 4.78 is 44.7. The molecule has 4 rings (SSSR count). The van der Waals surface area contributed by atoms with E-state index < -0.39 is 24.3 Å². The van der Waals surface area contributed by atoms with Crippen molar-refractivity contribution in [3.05, 3.63) is 100 Å². The molecular weight excluding hydrogens is 628 g/mol. The van der Waals surface area contributed by atoms with Crippen LogP contribution in [0.5, 0.6) is 5.75 Å². The summed E-state index contributed by atoms with van der Waals surface area (Å²) >= 11 is 3.29. The molecule has 0 aliphatic carbocycles. The van der Waals surface area contributed by atoms with Gasteiger partial charge in [-0.2, -0.15) is 13.2 Å². The molecule has 0 spiro atoms. The van der Waals surface area contributed by atoms with E-state index in [0.29, 0.717) is 16.3 Å². The molecule has 4 nitrogen and oxygen atoms in total. The number of ether oxygens (including phenoxy) is 1. The molecule has 4 aromatic rings. The lowest BCUT2D eigenvalue weighted by molar-refractivity contribution is -0.139. The highest BCUT2D eigenvalue weighted by molar-refractivity contribution is 7.99. The fraction of sp³-hybridized carbons (Fsp3) is 0.405. The molecule has 1 unspecified atom stereocenters. The second-order valence-corrected chi connectivity index (χ2v) is 13.9. The van der Waals surface area contributed by atoms with E-state index in [1.807, 2.05) is 32.0 Å². The van der Waals surface area contributed by atoms with Crippen LogP contribution in [0.2, 0.25) is 0 Å². The number of carboxylic acid groups (broad SMARTS) is 1. The summed E-state index contributed by atoms with van der Waals surface area (Å²) in [4.78, 5) is 17.9. The van der Waals surface area contributed by atoms with Crippen molar-refractivity contribution in [1.82, 2.24) is 4.98 Å². The smallest absolute Gasteiger partial charge is 0.416 e. The second kappa shape index (κ2) is 17.6. The number of thioether (sulfide) groups is 1. The quantitative estimate of drug-likeness (QED) is 0.0844. The maximum absolute atomic E-state index is 13.1. The monoisotopic (exact) mass is 669 g/mol. The topological polar surface area (TPSA) is 59.4 Å². The van der Waals surface area contributed by atoms with Gasteiger partial charge in [-0.05, 0) is 74.6 Å². The fourth-order valence-electron chi connectivity index (χ4n) is 5.40. The van der Waals surface area contributed by atoms with E-state index in [2.05, 4.69) is 30.3 Å². The van der Waals surface area contributed by atoms with E-state index in [-0.39, 0.29) is 5.25 Å². The Morgan fingerprint density at radius 3 is 2.17 bits per heavy atom. The number of alkyl halides is 3. The Balaban J connectivity index is 1.35. The number of carbonyl (C=O) groups is 1. The fourth-order valence-corrected chi connectivity index (χ4v) is 8.06. The number of aryl methyl sites for hydroxylation is 3. The molecule has 46 heavy (non-hydrogen) atoms. The van der Waals surface area contributed by atoms with Gasteiger partial charge >= 0.3 is 12.1 Å². The minimum Gasteiger partial charge on any atom is -0.482 e. The SMILES string of the molecule is Cc1cc(SC(CCCCCCCCCCc2ccccc2)c2sc(-c3ccc(C(F)(F)F)cc3)nc2C)ccc1OCC(=O)O. The molecule has 0 radical (unpaired) electrons. The van der Waals surface area contributed by atoms with Gasteiger partial charge in [0.05, 0.1) is 11.3 Å². The number of rotatable bonds is 18. The first-order valence-electron chi connectivity index (χ1n) is 15.9. The summed E-state index contributed by atoms with van der Waals surface area (Å²) in [6.45, 7) is 3.48. The zero-order valence-corrected chi connectivity index (χ0v) is 28.1. The average Bonchev–Trinajstić information content (AvgIpc) is 3.42. The third-order valence-corrected chi connectivity index (χ3v) is 10.6. The summed E-state index contributed by atoms with van der Waals surface area (Å²) in [6, 6.07) is 21.6. The highest BCUT2D eigenvalue weighted by Crippen LogP contribution is 2.45. The molecule has 0 aliphatic heterocycles. The van der Waals surface area contributed by atoms with Gasteiger partial charge in [-0.3, -0.25) is 0 Å². The Morgan fingerprint density at radius 1 is 0.891 bits per heavy atom.